The van der Waals surface area contributed by atoms with Crippen molar-refractivity contribution < 1.29 is 0 Å². The second-order valence-corrected chi connectivity index (χ2v) is 14.1. The summed E-state index contributed by atoms with van der Waals surface area (Å²) in [5, 5.41) is 7.62. The normalized spacial score (nSPS) is 16.0. The molecule has 8 aromatic carbocycles. The fourth-order valence-electron chi connectivity index (χ4n) is 9.47. The molecule has 0 aliphatic heterocycles. The second kappa shape index (κ2) is 11.6. The third-order valence-electron chi connectivity index (χ3n) is 11.6. The largest absolute Gasteiger partial charge is 0.326 e. The summed E-state index contributed by atoms with van der Waals surface area (Å²) >= 11 is 0. The van der Waals surface area contributed by atoms with E-state index in [2.05, 4.69) is 177 Å². The van der Waals surface area contributed by atoms with E-state index in [-0.39, 0.29) is 0 Å². The van der Waals surface area contributed by atoms with Crippen LogP contribution in [0.25, 0.3) is 71.3 Å². The molecule has 1 unspecified atom stereocenters. The minimum atomic E-state index is -0.406. The molecule has 0 fully saturated rings. The Kier molecular flexibility index (Phi) is 6.83. The summed E-state index contributed by atoms with van der Waals surface area (Å²) in [6.07, 6.45) is 6.52. The highest BCUT2D eigenvalue weighted by Gasteiger charge is 2.51. The van der Waals surface area contributed by atoms with Crippen LogP contribution in [0.1, 0.15) is 34.7 Å². The molecule has 8 aromatic rings. The van der Waals surface area contributed by atoms with Crippen LogP contribution in [0.3, 0.4) is 0 Å². The maximum absolute atomic E-state index is 6.03. The van der Waals surface area contributed by atoms with Gasteiger partial charge in [-0.3, -0.25) is 0 Å². The zero-order valence-corrected chi connectivity index (χ0v) is 29.2. The van der Waals surface area contributed by atoms with Gasteiger partial charge in [-0.05, 0) is 130 Å². The van der Waals surface area contributed by atoms with Gasteiger partial charge in [0.2, 0.25) is 0 Å². The summed E-state index contributed by atoms with van der Waals surface area (Å²) in [5.74, 6) is 0. The lowest BCUT2D eigenvalue weighted by atomic mass is 9.69. The Hall–Kier alpha value is -6.28. The monoisotopic (exact) mass is 663 g/mol. The molecule has 52 heavy (non-hydrogen) atoms. The summed E-state index contributed by atoms with van der Waals surface area (Å²) in [7, 11) is 0. The average molecular weight is 664 g/mol. The quantitative estimate of drug-likeness (QED) is 0.182. The minimum Gasteiger partial charge on any atom is -0.326 e. The molecule has 0 amide bonds. The van der Waals surface area contributed by atoms with Crippen molar-refractivity contribution >= 4 is 37.9 Å². The van der Waals surface area contributed by atoms with Gasteiger partial charge in [0.25, 0.3) is 0 Å². The molecule has 0 bridgehead atoms. The molecule has 0 heterocycles. The smallest absolute Gasteiger partial charge is 0.0725 e. The third-order valence-corrected chi connectivity index (χ3v) is 11.6. The summed E-state index contributed by atoms with van der Waals surface area (Å²) in [4.78, 5) is 0. The molecule has 2 aliphatic carbocycles. The van der Waals surface area contributed by atoms with E-state index < -0.39 is 5.41 Å². The van der Waals surface area contributed by atoms with Gasteiger partial charge in [0, 0.05) is 6.54 Å². The Bertz CT molecular complexity index is 2870. The van der Waals surface area contributed by atoms with Crippen molar-refractivity contribution in [2.45, 2.75) is 18.9 Å². The maximum atomic E-state index is 6.03. The molecule has 1 spiro atoms. The van der Waals surface area contributed by atoms with Crippen LogP contribution in [0.15, 0.2) is 182 Å². The van der Waals surface area contributed by atoms with Crippen molar-refractivity contribution in [3.8, 4) is 33.4 Å². The third kappa shape index (κ3) is 4.09. The van der Waals surface area contributed by atoms with Gasteiger partial charge in [-0.25, -0.2) is 0 Å². The van der Waals surface area contributed by atoms with Gasteiger partial charge in [-0.1, -0.05) is 158 Å². The first-order valence-electron chi connectivity index (χ1n) is 18.2. The molecule has 0 saturated heterocycles. The summed E-state index contributed by atoms with van der Waals surface area (Å²) in [5.41, 5.74) is 22.0. The lowest BCUT2D eigenvalue weighted by molar-refractivity contribution is 0.786. The van der Waals surface area contributed by atoms with Crippen LogP contribution in [-0.4, -0.2) is 0 Å². The van der Waals surface area contributed by atoms with Gasteiger partial charge in [-0.15, -0.1) is 0 Å². The molecular weight excluding hydrogens is 627 g/mol. The van der Waals surface area contributed by atoms with Crippen molar-refractivity contribution in [2.24, 2.45) is 5.73 Å². The second-order valence-electron chi connectivity index (χ2n) is 14.1. The number of hydrogen-bond donors (Lipinski definition) is 1. The predicted molar refractivity (Wildman–Crippen MR) is 221 cm³/mol. The molecule has 2 N–H and O–H groups in total. The predicted octanol–water partition coefficient (Wildman–Crippen LogP) is 12.8. The lowest BCUT2D eigenvalue weighted by Gasteiger charge is -2.31. The first-order valence-corrected chi connectivity index (χ1v) is 18.2. The van der Waals surface area contributed by atoms with Crippen LogP contribution in [-0.2, 0) is 12.0 Å². The van der Waals surface area contributed by atoms with Crippen LogP contribution in [0, 0.1) is 0 Å². The van der Waals surface area contributed by atoms with Gasteiger partial charge < -0.3 is 5.73 Å². The summed E-state index contributed by atoms with van der Waals surface area (Å²) in [6.45, 7) is 6.95. The van der Waals surface area contributed by atoms with Gasteiger partial charge in [-0.2, -0.15) is 0 Å². The first-order chi connectivity index (χ1) is 25.7. The summed E-state index contributed by atoms with van der Waals surface area (Å²) < 4.78 is 0. The van der Waals surface area contributed by atoms with Crippen molar-refractivity contribution in [1.29, 1.82) is 0 Å². The van der Waals surface area contributed by atoms with E-state index >= 15 is 0 Å². The van der Waals surface area contributed by atoms with Crippen molar-refractivity contribution in [2.75, 3.05) is 0 Å². The SMILES string of the molecule is C=CC1=C(/C=C\C)C2(c3ccccc31)c1ccccc1-c1cc(-c3cccc4c5ccccc5c5cc(-c6cccc(CN)c6)ccc5c34)ccc12. The van der Waals surface area contributed by atoms with E-state index in [0.717, 1.165) is 5.56 Å². The minimum absolute atomic E-state index is 0.406. The van der Waals surface area contributed by atoms with E-state index in [4.69, 9.17) is 5.73 Å². The fraction of sp³-hybridized carbons (Fsp3) is 0.0588. The Balaban J connectivity index is 1.25. The van der Waals surface area contributed by atoms with Crippen molar-refractivity contribution in [1.82, 2.24) is 0 Å². The highest BCUT2D eigenvalue weighted by molar-refractivity contribution is 6.29. The van der Waals surface area contributed by atoms with Crippen LogP contribution in [0.5, 0.6) is 0 Å². The van der Waals surface area contributed by atoms with E-state index in [1.54, 1.807) is 0 Å². The molecule has 1 nitrogen and oxygen atoms in total. The zero-order valence-electron chi connectivity index (χ0n) is 29.2. The molecule has 0 aromatic heterocycles. The van der Waals surface area contributed by atoms with E-state index in [9.17, 15) is 0 Å². The number of fused-ring (bicyclic) bond motifs is 13. The van der Waals surface area contributed by atoms with Gasteiger partial charge >= 0.3 is 0 Å². The highest BCUT2D eigenvalue weighted by atomic mass is 14.5. The molecule has 0 radical (unpaired) electrons. The fourth-order valence-corrected chi connectivity index (χ4v) is 9.47. The van der Waals surface area contributed by atoms with Crippen LogP contribution < -0.4 is 5.73 Å². The van der Waals surface area contributed by atoms with E-state index in [0.29, 0.717) is 6.54 Å². The lowest BCUT2D eigenvalue weighted by Crippen LogP contribution is -2.26. The number of rotatable bonds is 5. The maximum Gasteiger partial charge on any atom is 0.0725 e. The number of allylic oxidation sites excluding steroid dienone is 5. The van der Waals surface area contributed by atoms with Crippen LogP contribution in [0.4, 0.5) is 0 Å². The van der Waals surface area contributed by atoms with Crippen molar-refractivity contribution in [3.63, 3.8) is 0 Å². The number of benzene rings is 8. The molecule has 0 saturated carbocycles. The Morgan fingerprint density at radius 1 is 0.519 bits per heavy atom. The first kappa shape index (κ1) is 30.5. The van der Waals surface area contributed by atoms with Crippen molar-refractivity contribution in [3.05, 3.63) is 210 Å². The Labute approximate surface area is 304 Å². The molecule has 1 atom stereocenters. The molecule has 1 heteroatoms. The van der Waals surface area contributed by atoms with Gasteiger partial charge in [0.15, 0.2) is 0 Å². The standard InChI is InChI=1S/C51H37N/c1-3-13-46-36(4-2)40-18-7-9-22-47(40)51(46)48-23-10-8-19-41(48)45-30-35(25-27-49(45)51)37-20-12-21-42-38-16-5-6-17-39(38)44-29-34(24-26-43(44)50(37)42)33-15-11-14-32(28-33)31-52/h3-30H,2,31,52H2,1H3/b13-3-. The van der Waals surface area contributed by atoms with Crippen LogP contribution in [0.2, 0.25) is 0 Å². The molecule has 2 aliphatic rings. The number of hydrogen-bond acceptors (Lipinski definition) is 1. The zero-order chi connectivity index (χ0) is 35.0. The molecule has 246 valence electrons. The average Bonchev–Trinajstić information content (AvgIpc) is 3.66. The van der Waals surface area contributed by atoms with E-state index in [1.165, 1.54) is 99.1 Å². The van der Waals surface area contributed by atoms with Gasteiger partial charge in [0.05, 0.1) is 5.41 Å². The summed E-state index contributed by atoms with van der Waals surface area (Å²) in [6, 6.07) is 56.4. The molecule has 10 rings (SSSR count). The van der Waals surface area contributed by atoms with Crippen LogP contribution >= 0.6 is 0 Å². The Morgan fingerprint density at radius 2 is 1.13 bits per heavy atom. The van der Waals surface area contributed by atoms with E-state index in [1.807, 2.05) is 6.08 Å². The number of nitrogens with two attached hydrogens (primary N) is 1. The Morgan fingerprint density at radius 3 is 1.92 bits per heavy atom. The topological polar surface area (TPSA) is 26.0 Å². The van der Waals surface area contributed by atoms with Gasteiger partial charge in [0.1, 0.15) is 0 Å². The molecular formula is C51H37N. The highest BCUT2D eigenvalue weighted by Crippen LogP contribution is 2.62.